The lowest BCUT2D eigenvalue weighted by atomic mass is 10.1. The van der Waals surface area contributed by atoms with Crippen molar-refractivity contribution in [3.05, 3.63) is 64.3 Å². The van der Waals surface area contributed by atoms with Crippen molar-refractivity contribution in [2.45, 2.75) is 18.9 Å². The number of fused-ring (bicyclic) bond motifs is 1. The van der Waals surface area contributed by atoms with E-state index < -0.39 is 0 Å². The minimum Gasteiger partial charge on any atom is -0.459 e. The highest BCUT2D eigenvalue weighted by molar-refractivity contribution is 6.31. The third-order valence-corrected chi connectivity index (χ3v) is 4.66. The zero-order valence-corrected chi connectivity index (χ0v) is 14.0. The Morgan fingerprint density at radius 2 is 2.17 bits per heavy atom. The van der Waals surface area contributed by atoms with E-state index in [4.69, 9.17) is 27.9 Å². The molecule has 5 nitrogen and oxygen atoms in total. The van der Waals surface area contributed by atoms with E-state index in [-0.39, 0.29) is 24.4 Å². The summed E-state index contributed by atoms with van der Waals surface area (Å²) in [5, 5.41) is 1.22. The molecular formula is C17H13Cl2N3O2. The first-order valence-corrected chi connectivity index (χ1v) is 8.26. The Labute approximate surface area is 148 Å². The molecule has 0 radical (unpaired) electrons. The highest BCUT2D eigenvalue weighted by Crippen LogP contribution is 2.50. The molecule has 0 spiro atoms. The minimum atomic E-state index is -0.219. The van der Waals surface area contributed by atoms with Crippen LogP contribution < -0.4 is 0 Å². The molecule has 4 rings (SSSR count). The predicted octanol–water partition coefficient (Wildman–Crippen LogP) is 3.88. The van der Waals surface area contributed by atoms with Crippen LogP contribution in [0.25, 0.3) is 5.65 Å². The minimum absolute atomic E-state index is 0.118. The van der Waals surface area contributed by atoms with Crippen LogP contribution in [0.1, 0.15) is 23.6 Å². The average molecular weight is 362 g/mol. The Bertz CT molecular complexity index is 925. The summed E-state index contributed by atoms with van der Waals surface area (Å²) in [6.45, 7) is 0.144. The van der Waals surface area contributed by atoms with Crippen LogP contribution in [0.15, 0.2) is 43.0 Å². The number of imidazole rings is 1. The highest BCUT2D eigenvalue weighted by Gasteiger charge is 2.46. The third kappa shape index (κ3) is 2.97. The van der Waals surface area contributed by atoms with Crippen LogP contribution in [0.2, 0.25) is 10.0 Å². The molecule has 0 saturated heterocycles. The molecule has 3 heterocycles. The Hall–Kier alpha value is -2.11. The third-order valence-electron chi connectivity index (χ3n) is 4.12. The number of carbonyl (C=O) groups excluding carboxylic acids is 1. The molecule has 0 unspecified atom stereocenters. The van der Waals surface area contributed by atoms with Gasteiger partial charge >= 0.3 is 5.97 Å². The number of halogens is 2. The van der Waals surface area contributed by atoms with Gasteiger partial charge in [-0.15, -0.1) is 0 Å². The number of nitrogens with zero attached hydrogens (tertiary/aromatic N) is 3. The molecule has 1 aliphatic rings. The van der Waals surface area contributed by atoms with Crippen LogP contribution in [0.3, 0.4) is 0 Å². The smallest absolute Gasteiger partial charge is 0.309 e. The summed E-state index contributed by atoms with van der Waals surface area (Å²) >= 11 is 12.1. The summed E-state index contributed by atoms with van der Waals surface area (Å²) in [5.74, 6) is -0.243. The zero-order valence-electron chi connectivity index (χ0n) is 12.5. The van der Waals surface area contributed by atoms with E-state index in [9.17, 15) is 4.79 Å². The van der Waals surface area contributed by atoms with E-state index in [1.54, 1.807) is 30.9 Å². The maximum Gasteiger partial charge on any atom is 0.309 e. The normalized spacial score (nSPS) is 19.4. The van der Waals surface area contributed by atoms with Gasteiger partial charge in [0, 0.05) is 24.8 Å². The van der Waals surface area contributed by atoms with Gasteiger partial charge in [-0.3, -0.25) is 9.78 Å². The molecule has 1 aliphatic carbocycles. The predicted molar refractivity (Wildman–Crippen MR) is 90.1 cm³/mol. The Balaban J connectivity index is 1.39. The maximum atomic E-state index is 12.2. The lowest BCUT2D eigenvalue weighted by Gasteiger charge is -2.04. The molecule has 1 fully saturated rings. The quantitative estimate of drug-likeness (QED) is 0.661. The van der Waals surface area contributed by atoms with Crippen molar-refractivity contribution in [3.8, 4) is 0 Å². The van der Waals surface area contributed by atoms with Gasteiger partial charge in [-0.2, -0.15) is 0 Å². The van der Waals surface area contributed by atoms with Crippen molar-refractivity contribution in [2.75, 3.05) is 0 Å². The van der Waals surface area contributed by atoms with Crippen LogP contribution >= 0.6 is 23.2 Å². The van der Waals surface area contributed by atoms with E-state index in [1.165, 1.54) is 0 Å². The summed E-state index contributed by atoms with van der Waals surface area (Å²) in [7, 11) is 0. The zero-order chi connectivity index (χ0) is 16.7. The first-order chi connectivity index (χ1) is 11.6. The summed E-state index contributed by atoms with van der Waals surface area (Å²) in [6.07, 6.45) is 7.60. The van der Waals surface area contributed by atoms with Gasteiger partial charge in [0.2, 0.25) is 0 Å². The van der Waals surface area contributed by atoms with Crippen molar-refractivity contribution in [3.63, 3.8) is 0 Å². The summed E-state index contributed by atoms with van der Waals surface area (Å²) < 4.78 is 7.20. The number of esters is 1. The molecule has 0 aromatic carbocycles. The van der Waals surface area contributed by atoms with Crippen molar-refractivity contribution >= 4 is 34.8 Å². The molecule has 2 atom stereocenters. The van der Waals surface area contributed by atoms with E-state index in [0.29, 0.717) is 15.7 Å². The summed E-state index contributed by atoms with van der Waals surface area (Å²) in [5.41, 5.74) is 2.40. The van der Waals surface area contributed by atoms with Gasteiger partial charge in [0.05, 0.1) is 21.7 Å². The van der Waals surface area contributed by atoms with E-state index in [2.05, 4.69) is 9.97 Å². The van der Waals surface area contributed by atoms with E-state index in [0.717, 1.165) is 17.6 Å². The fourth-order valence-corrected chi connectivity index (χ4v) is 3.25. The molecule has 0 N–H and O–H groups in total. The van der Waals surface area contributed by atoms with Gasteiger partial charge in [-0.25, -0.2) is 4.98 Å². The van der Waals surface area contributed by atoms with Crippen molar-refractivity contribution in [1.82, 2.24) is 14.4 Å². The lowest BCUT2D eigenvalue weighted by molar-refractivity contribution is -0.146. The summed E-state index contributed by atoms with van der Waals surface area (Å²) in [6, 6.07) is 5.44. The van der Waals surface area contributed by atoms with Gasteiger partial charge in [-0.05, 0) is 36.1 Å². The largest absolute Gasteiger partial charge is 0.459 e. The first kappa shape index (κ1) is 15.4. The number of pyridine rings is 2. The van der Waals surface area contributed by atoms with Gasteiger partial charge < -0.3 is 9.14 Å². The molecule has 0 bridgehead atoms. The average Bonchev–Trinajstić information content (AvgIpc) is 3.26. The second kappa shape index (κ2) is 6.07. The Kier molecular flexibility index (Phi) is 3.90. The monoisotopic (exact) mass is 361 g/mol. The van der Waals surface area contributed by atoms with E-state index >= 15 is 0 Å². The Morgan fingerprint density at radius 1 is 1.29 bits per heavy atom. The topological polar surface area (TPSA) is 56.5 Å². The SMILES string of the molecule is O=C(OCc1cn2cc(Cl)ccc2n1)[C@@H]1C[C@H]1c1ccncc1Cl. The van der Waals surface area contributed by atoms with Gasteiger partial charge in [0.25, 0.3) is 0 Å². The number of rotatable bonds is 4. The molecule has 122 valence electrons. The fraction of sp³-hybridized carbons (Fsp3) is 0.235. The van der Waals surface area contributed by atoms with Crippen LogP contribution in [-0.4, -0.2) is 20.3 Å². The lowest BCUT2D eigenvalue weighted by Crippen LogP contribution is -2.08. The first-order valence-electron chi connectivity index (χ1n) is 7.51. The molecule has 0 amide bonds. The van der Waals surface area contributed by atoms with Crippen molar-refractivity contribution in [2.24, 2.45) is 5.92 Å². The number of ether oxygens (including phenoxy) is 1. The maximum absolute atomic E-state index is 12.2. The van der Waals surface area contributed by atoms with E-state index in [1.807, 2.05) is 16.5 Å². The van der Waals surface area contributed by atoms with Gasteiger partial charge in [0.1, 0.15) is 12.3 Å². The van der Waals surface area contributed by atoms with Crippen molar-refractivity contribution in [1.29, 1.82) is 0 Å². The molecule has 7 heteroatoms. The summed E-state index contributed by atoms with van der Waals surface area (Å²) in [4.78, 5) is 20.6. The number of carbonyl (C=O) groups is 1. The molecule has 24 heavy (non-hydrogen) atoms. The number of aromatic nitrogens is 3. The van der Waals surface area contributed by atoms with Gasteiger partial charge in [0.15, 0.2) is 0 Å². The molecular weight excluding hydrogens is 349 g/mol. The molecule has 3 aromatic rings. The second-order valence-corrected chi connectivity index (χ2v) is 6.64. The van der Waals surface area contributed by atoms with Crippen LogP contribution in [0, 0.1) is 5.92 Å². The standard InChI is InChI=1S/C17H13Cl2N3O2/c18-10-1-2-16-21-11(8-22(16)7-10)9-24-17(23)14-5-13(14)12-3-4-20-6-15(12)19/h1-4,6-8,13-14H,5,9H2/t13-,14+/m0/s1. The fourth-order valence-electron chi connectivity index (χ4n) is 2.82. The second-order valence-electron chi connectivity index (χ2n) is 5.80. The Morgan fingerprint density at radius 3 is 3.00 bits per heavy atom. The number of hydrogen-bond donors (Lipinski definition) is 0. The number of hydrogen-bond acceptors (Lipinski definition) is 4. The van der Waals surface area contributed by atoms with Gasteiger partial charge in [-0.1, -0.05) is 23.2 Å². The van der Waals surface area contributed by atoms with Crippen molar-refractivity contribution < 1.29 is 9.53 Å². The highest BCUT2D eigenvalue weighted by atomic mass is 35.5. The molecule has 1 saturated carbocycles. The van der Waals surface area contributed by atoms with Crippen LogP contribution in [0.5, 0.6) is 0 Å². The molecule has 3 aromatic heterocycles. The van der Waals surface area contributed by atoms with Crippen LogP contribution in [0.4, 0.5) is 0 Å². The van der Waals surface area contributed by atoms with Crippen LogP contribution in [-0.2, 0) is 16.1 Å². The molecule has 0 aliphatic heterocycles.